The van der Waals surface area contributed by atoms with E-state index in [1.54, 1.807) is 0 Å². The van der Waals surface area contributed by atoms with E-state index in [1.165, 1.54) is 11.3 Å². The van der Waals surface area contributed by atoms with Crippen LogP contribution >= 0.6 is 11.3 Å². The van der Waals surface area contributed by atoms with Gasteiger partial charge in [-0.05, 0) is 38.1 Å². The van der Waals surface area contributed by atoms with Crippen LogP contribution in [0.4, 0.5) is 0 Å². The van der Waals surface area contributed by atoms with E-state index in [0.29, 0.717) is 6.42 Å². The summed E-state index contributed by atoms with van der Waals surface area (Å²) in [6.45, 7) is 3.82. The highest BCUT2D eigenvalue weighted by atomic mass is 32.1. The highest BCUT2D eigenvalue weighted by molar-refractivity contribution is 7.12. The van der Waals surface area contributed by atoms with Crippen molar-refractivity contribution in [3.8, 4) is 0 Å². The van der Waals surface area contributed by atoms with Crippen molar-refractivity contribution >= 4 is 23.0 Å². The molecule has 1 saturated heterocycles. The number of ether oxygens (including phenoxy) is 1. The van der Waals surface area contributed by atoms with Gasteiger partial charge in [-0.15, -0.1) is 11.3 Å². The molecular formula is C14H19NO3S. The quantitative estimate of drug-likeness (QED) is 0.843. The minimum absolute atomic E-state index is 0.0727. The van der Waals surface area contributed by atoms with Gasteiger partial charge in [0, 0.05) is 12.5 Å². The van der Waals surface area contributed by atoms with Crippen LogP contribution in [0.15, 0.2) is 17.5 Å². The molecule has 1 aromatic heterocycles. The van der Waals surface area contributed by atoms with E-state index in [2.05, 4.69) is 5.32 Å². The van der Waals surface area contributed by atoms with E-state index in [-0.39, 0.29) is 29.9 Å². The Labute approximate surface area is 117 Å². The Morgan fingerprint density at radius 2 is 2.32 bits per heavy atom. The van der Waals surface area contributed by atoms with E-state index in [1.807, 2.05) is 31.4 Å². The number of hydrogen-bond donors (Lipinski definition) is 1. The molecule has 0 saturated carbocycles. The SMILES string of the molecule is C[C@H](CC(=O)c1cccs1)NC(=O)[C@@H]1CC[C@H](C)O1. The summed E-state index contributed by atoms with van der Waals surface area (Å²) in [5.74, 6) is -0.0284. The fourth-order valence-corrected chi connectivity index (χ4v) is 2.87. The second-order valence-electron chi connectivity index (χ2n) is 5.03. The van der Waals surface area contributed by atoms with Gasteiger partial charge in [0.25, 0.3) is 0 Å². The average molecular weight is 281 g/mol. The first-order valence-corrected chi connectivity index (χ1v) is 7.46. The number of Topliss-reactive ketones (excluding diaryl/α,β-unsaturated/α-hetero) is 1. The van der Waals surface area contributed by atoms with E-state index >= 15 is 0 Å². The number of nitrogens with one attached hydrogen (secondary N) is 1. The van der Waals surface area contributed by atoms with E-state index in [0.717, 1.165) is 17.7 Å². The van der Waals surface area contributed by atoms with Crippen molar-refractivity contribution in [1.82, 2.24) is 5.32 Å². The Balaban J connectivity index is 1.79. The summed E-state index contributed by atoms with van der Waals surface area (Å²) in [5, 5.41) is 4.73. The summed E-state index contributed by atoms with van der Waals surface area (Å²) < 4.78 is 5.51. The summed E-state index contributed by atoms with van der Waals surface area (Å²) >= 11 is 1.43. The Morgan fingerprint density at radius 3 is 2.89 bits per heavy atom. The molecule has 104 valence electrons. The second kappa shape index (κ2) is 6.30. The Hall–Kier alpha value is -1.20. The average Bonchev–Trinajstić information content (AvgIpc) is 2.98. The number of hydrogen-bond acceptors (Lipinski definition) is 4. The molecule has 1 fully saturated rings. The molecule has 1 aliphatic rings. The maximum atomic E-state index is 11.9. The number of ketones is 1. The molecule has 3 atom stereocenters. The first-order chi connectivity index (χ1) is 9.06. The van der Waals surface area contributed by atoms with Crippen LogP contribution in [0.3, 0.4) is 0 Å². The molecule has 1 aliphatic heterocycles. The van der Waals surface area contributed by atoms with Gasteiger partial charge in [0.1, 0.15) is 6.10 Å². The molecule has 4 nitrogen and oxygen atoms in total. The lowest BCUT2D eigenvalue weighted by Crippen LogP contribution is -2.40. The largest absolute Gasteiger partial charge is 0.365 e. The molecule has 0 unspecified atom stereocenters. The van der Waals surface area contributed by atoms with Gasteiger partial charge in [-0.25, -0.2) is 0 Å². The molecule has 2 rings (SSSR count). The summed E-state index contributed by atoms with van der Waals surface area (Å²) in [5.41, 5.74) is 0. The van der Waals surface area contributed by atoms with Crippen molar-refractivity contribution in [3.63, 3.8) is 0 Å². The second-order valence-corrected chi connectivity index (χ2v) is 5.97. The van der Waals surface area contributed by atoms with Gasteiger partial charge in [-0.3, -0.25) is 9.59 Å². The maximum Gasteiger partial charge on any atom is 0.249 e. The zero-order valence-corrected chi connectivity index (χ0v) is 12.0. The van der Waals surface area contributed by atoms with Gasteiger partial charge in [0.05, 0.1) is 11.0 Å². The highest BCUT2D eigenvalue weighted by Crippen LogP contribution is 2.19. The molecule has 0 radical (unpaired) electrons. The molecule has 1 amide bonds. The third kappa shape index (κ3) is 3.88. The predicted octanol–water partition coefficient (Wildman–Crippen LogP) is 2.39. The minimum atomic E-state index is -0.353. The van der Waals surface area contributed by atoms with Crippen LogP contribution in [0.1, 0.15) is 42.8 Å². The van der Waals surface area contributed by atoms with Crippen molar-refractivity contribution in [2.24, 2.45) is 0 Å². The van der Waals surface area contributed by atoms with Crippen LogP contribution in [-0.2, 0) is 9.53 Å². The van der Waals surface area contributed by atoms with Crippen LogP contribution < -0.4 is 5.32 Å². The summed E-state index contributed by atoms with van der Waals surface area (Å²) in [4.78, 5) is 24.6. The third-order valence-electron chi connectivity index (χ3n) is 3.20. The van der Waals surface area contributed by atoms with E-state index < -0.39 is 0 Å². The number of rotatable bonds is 5. The van der Waals surface area contributed by atoms with Crippen molar-refractivity contribution in [1.29, 1.82) is 0 Å². The van der Waals surface area contributed by atoms with E-state index in [9.17, 15) is 9.59 Å². The Bertz CT molecular complexity index is 444. The molecule has 0 spiro atoms. The standard InChI is InChI=1S/C14H19NO3S/c1-9(8-11(16)13-4-3-7-19-13)15-14(17)12-6-5-10(2)18-12/h3-4,7,9-10,12H,5-6,8H2,1-2H3,(H,15,17)/t9-,10+,12+/m1/s1. The summed E-state index contributed by atoms with van der Waals surface area (Å²) in [6.07, 6.45) is 1.81. The van der Waals surface area contributed by atoms with Crippen LogP contribution in [0.25, 0.3) is 0 Å². The first-order valence-electron chi connectivity index (χ1n) is 6.59. The predicted molar refractivity (Wildman–Crippen MR) is 74.4 cm³/mol. The minimum Gasteiger partial charge on any atom is -0.365 e. The lowest BCUT2D eigenvalue weighted by molar-refractivity contribution is -0.132. The molecule has 1 N–H and O–H groups in total. The lowest BCUT2D eigenvalue weighted by Gasteiger charge is -2.16. The maximum absolute atomic E-state index is 11.9. The number of thiophene rings is 1. The zero-order valence-electron chi connectivity index (χ0n) is 11.2. The van der Waals surface area contributed by atoms with Gasteiger partial charge in [-0.2, -0.15) is 0 Å². The topological polar surface area (TPSA) is 55.4 Å². The van der Waals surface area contributed by atoms with Crippen LogP contribution in [0.2, 0.25) is 0 Å². The normalized spacial score (nSPS) is 24.1. The zero-order chi connectivity index (χ0) is 13.8. The smallest absolute Gasteiger partial charge is 0.249 e. The van der Waals surface area contributed by atoms with Crippen LogP contribution in [0, 0.1) is 0 Å². The molecule has 5 heteroatoms. The van der Waals surface area contributed by atoms with Gasteiger partial charge in [0.15, 0.2) is 5.78 Å². The Kier molecular flexibility index (Phi) is 4.71. The fraction of sp³-hybridized carbons (Fsp3) is 0.571. The number of carbonyl (C=O) groups excluding carboxylic acids is 2. The summed E-state index contributed by atoms with van der Waals surface area (Å²) in [6, 6.07) is 3.50. The molecule has 2 heterocycles. The van der Waals surface area contributed by atoms with Crippen molar-refractivity contribution in [2.45, 2.75) is 51.4 Å². The highest BCUT2D eigenvalue weighted by Gasteiger charge is 2.29. The molecule has 0 bridgehead atoms. The molecule has 0 aromatic carbocycles. The van der Waals surface area contributed by atoms with Crippen LogP contribution in [-0.4, -0.2) is 29.9 Å². The van der Waals surface area contributed by atoms with Gasteiger partial charge >= 0.3 is 0 Å². The molecule has 1 aromatic rings. The van der Waals surface area contributed by atoms with Gasteiger partial charge in [-0.1, -0.05) is 6.07 Å². The molecule has 0 aliphatic carbocycles. The van der Waals surface area contributed by atoms with Crippen molar-refractivity contribution in [2.75, 3.05) is 0 Å². The van der Waals surface area contributed by atoms with E-state index in [4.69, 9.17) is 4.74 Å². The summed E-state index contributed by atoms with van der Waals surface area (Å²) in [7, 11) is 0. The third-order valence-corrected chi connectivity index (χ3v) is 4.11. The first kappa shape index (κ1) is 14.2. The van der Waals surface area contributed by atoms with Gasteiger partial charge < -0.3 is 10.1 Å². The van der Waals surface area contributed by atoms with Crippen molar-refractivity contribution in [3.05, 3.63) is 22.4 Å². The molecule has 19 heavy (non-hydrogen) atoms. The Morgan fingerprint density at radius 1 is 1.53 bits per heavy atom. The molecular weight excluding hydrogens is 262 g/mol. The van der Waals surface area contributed by atoms with Crippen LogP contribution in [0.5, 0.6) is 0 Å². The van der Waals surface area contributed by atoms with Crippen molar-refractivity contribution < 1.29 is 14.3 Å². The number of carbonyl (C=O) groups is 2. The lowest BCUT2D eigenvalue weighted by atomic mass is 10.1. The fourth-order valence-electron chi connectivity index (χ4n) is 2.20. The number of amides is 1. The monoisotopic (exact) mass is 281 g/mol. The van der Waals surface area contributed by atoms with Gasteiger partial charge in [0.2, 0.25) is 5.91 Å².